The highest BCUT2D eigenvalue weighted by Crippen LogP contribution is 2.15. The first kappa shape index (κ1) is 15.0. The van der Waals surface area contributed by atoms with Gasteiger partial charge in [0.1, 0.15) is 5.75 Å². The fraction of sp³-hybridized carbons (Fsp3) is 0.250. The van der Waals surface area contributed by atoms with Crippen molar-refractivity contribution in [2.75, 3.05) is 13.7 Å². The SMILES string of the molecule is CNCc1cccc(OCCc2ccc([N+](=O)[O-])cc2)c1. The third kappa shape index (κ3) is 4.57. The Balaban J connectivity index is 1.86. The summed E-state index contributed by atoms with van der Waals surface area (Å²) in [5, 5.41) is 13.7. The Bertz CT molecular complexity index is 597. The van der Waals surface area contributed by atoms with E-state index in [0.29, 0.717) is 13.0 Å². The van der Waals surface area contributed by atoms with Crippen LogP contribution in [0.1, 0.15) is 11.1 Å². The summed E-state index contributed by atoms with van der Waals surface area (Å²) in [6.07, 6.45) is 0.717. The maximum absolute atomic E-state index is 10.6. The van der Waals surface area contributed by atoms with E-state index in [1.807, 2.05) is 31.3 Å². The van der Waals surface area contributed by atoms with Crippen LogP contribution in [0, 0.1) is 10.1 Å². The van der Waals surface area contributed by atoms with Gasteiger partial charge in [0.2, 0.25) is 0 Å². The minimum absolute atomic E-state index is 0.111. The molecular weight excluding hydrogens is 268 g/mol. The predicted octanol–water partition coefficient (Wildman–Crippen LogP) is 2.94. The lowest BCUT2D eigenvalue weighted by Gasteiger charge is -2.08. The number of ether oxygens (including phenoxy) is 1. The van der Waals surface area contributed by atoms with Crippen LogP contribution in [0.4, 0.5) is 5.69 Å². The van der Waals surface area contributed by atoms with Crippen molar-refractivity contribution >= 4 is 5.69 Å². The average molecular weight is 286 g/mol. The molecule has 0 aliphatic rings. The van der Waals surface area contributed by atoms with Crippen LogP contribution in [-0.2, 0) is 13.0 Å². The van der Waals surface area contributed by atoms with E-state index in [4.69, 9.17) is 4.74 Å². The molecule has 0 heterocycles. The molecule has 1 N–H and O–H groups in total. The molecule has 0 aromatic heterocycles. The molecule has 0 spiro atoms. The third-order valence-corrected chi connectivity index (χ3v) is 3.09. The van der Waals surface area contributed by atoms with Crippen molar-refractivity contribution in [2.45, 2.75) is 13.0 Å². The largest absolute Gasteiger partial charge is 0.493 e. The van der Waals surface area contributed by atoms with Gasteiger partial charge in [-0.1, -0.05) is 24.3 Å². The first-order valence-corrected chi connectivity index (χ1v) is 6.78. The number of rotatable bonds is 7. The van der Waals surface area contributed by atoms with E-state index in [9.17, 15) is 10.1 Å². The maximum Gasteiger partial charge on any atom is 0.269 e. The predicted molar refractivity (Wildman–Crippen MR) is 81.5 cm³/mol. The van der Waals surface area contributed by atoms with Crippen LogP contribution in [0.3, 0.4) is 0 Å². The van der Waals surface area contributed by atoms with Crippen molar-refractivity contribution in [3.05, 3.63) is 69.8 Å². The number of benzene rings is 2. The minimum atomic E-state index is -0.395. The number of nitro benzene ring substituents is 1. The zero-order chi connectivity index (χ0) is 15.1. The van der Waals surface area contributed by atoms with Crippen LogP contribution in [0.2, 0.25) is 0 Å². The van der Waals surface area contributed by atoms with Gasteiger partial charge in [0.05, 0.1) is 11.5 Å². The smallest absolute Gasteiger partial charge is 0.269 e. The van der Waals surface area contributed by atoms with Crippen molar-refractivity contribution in [2.24, 2.45) is 0 Å². The maximum atomic E-state index is 10.6. The zero-order valence-electron chi connectivity index (χ0n) is 11.9. The van der Waals surface area contributed by atoms with Crippen molar-refractivity contribution in [1.29, 1.82) is 0 Å². The summed E-state index contributed by atoms with van der Waals surface area (Å²) in [6.45, 7) is 1.35. The molecule has 2 rings (SSSR count). The molecule has 2 aromatic carbocycles. The first-order chi connectivity index (χ1) is 10.2. The van der Waals surface area contributed by atoms with E-state index < -0.39 is 4.92 Å². The van der Waals surface area contributed by atoms with E-state index in [-0.39, 0.29) is 5.69 Å². The lowest BCUT2D eigenvalue weighted by Crippen LogP contribution is -2.06. The van der Waals surface area contributed by atoms with E-state index in [1.54, 1.807) is 12.1 Å². The molecule has 2 aromatic rings. The number of hydrogen-bond acceptors (Lipinski definition) is 4. The number of hydrogen-bond donors (Lipinski definition) is 1. The number of nitrogens with zero attached hydrogens (tertiary/aromatic N) is 1. The van der Waals surface area contributed by atoms with Gasteiger partial charge < -0.3 is 10.1 Å². The molecule has 110 valence electrons. The first-order valence-electron chi connectivity index (χ1n) is 6.78. The molecule has 0 radical (unpaired) electrons. The highest BCUT2D eigenvalue weighted by atomic mass is 16.6. The van der Waals surface area contributed by atoms with Crippen molar-refractivity contribution in [3.63, 3.8) is 0 Å². The van der Waals surface area contributed by atoms with Crippen LogP contribution >= 0.6 is 0 Å². The summed E-state index contributed by atoms with van der Waals surface area (Å²) in [6, 6.07) is 14.5. The molecular formula is C16H18N2O3. The minimum Gasteiger partial charge on any atom is -0.493 e. The lowest BCUT2D eigenvalue weighted by molar-refractivity contribution is -0.384. The normalized spacial score (nSPS) is 10.3. The van der Waals surface area contributed by atoms with Gasteiger partial charge in [0, 0.05) is 25.1 Å². The summed E-state index contributed by atoms with van der Waals surface area (Å²) in [5.74, 6) is 0.838. The molecule has 0 fully saturated rings. The van der Waals surface area contributed by atoms with Crippen molar-refractivity contribution in [3.8, 4) is 5.75 Å². The molecule has 0 saturated heterocycles. The second-order valence-corrected chi connectivity index (χ2v) is 4.70. The topological polar surface area (TPSA) is 64.4 Å². The summed E-state index contributed by atoms with van der Waals surface area (Å²) >= 11 is 0. The Morgan fingerprint density at radius 2 is 1.90 bits per heavy atom. The fourth-order valence-electron chi connectivity index (χ4n) is 2.02. The molecule has 0 bridgehead atoms. The Hall–Kier alpha value is -2.40. The van der Waals surface area contributed by atoms with Crippen LogP contribution in [0.5, 0.6) is 5.75 Å². The van der Waals surface area contributed by atoms with Crippen LogP contribution in [-0.4, -0.2) is 18.6 Å². The third-order valence-electron chi connectivity index (χ3n) is 3.09. The summed E-state index contributed by atoms with van der Waals surface area (Å²) < 4.78 is 5.71. The summed E-state index contributed by atoms with van der Waals surface area (Å²) in [7, 11) is 1.90. The van der Waals surface area contributed by atoms with Crippen LogP contribution in [0.15, 0.2) is 48.5 Å². The number of nitro groups is 1. The fourth-order valence-corrected chi connectivity index (χ4v) is 2.02. The summed E-state index contributed by atoms with van der Waals surface area (Å²) in [5.41, 5.74) is 2.30. The quantitative estimate of drug-likeness (QED) is 0.628. The molecule has 0 saturated carbocycles. The highest BCUT2D eigenvalue weighted by molar-refractivity contribution is 5.33. The van der Waals surface area contributed by atoms with E-state index in [2.05, 4.69) is 5.32 Å². The van der Waals surface area contributed by atoms with E-state index in [0.717, 1.165) is 17.9 Å². The van der Waals surface area contributed by atoms with Crippen molar-refractivity contribution in [1.82, 2.24) is 5.32 Å². The van der Waals surface area contributed by atoms with Gasteiger partial charge in [-0.05, 0) is 30.3 Å². The summed E-state index contributed by atoms with van der Waals surface area (Å²) in [4.78, 5) is 10.2. The molecule has 5 nitrogen and oxygen atoms in total. The molecule has 21 heavy (non-hydrogen) atoms. The molecule has 0 unspecified atom stereocenters. The van der Waals surface area contributed by atoms with Gasteiger partial charge in [0.15, 0.2) is 0 Å². The molecule has 5 heteroatoms. The second kappa shape index (κ2) is 7.40. The molecule has 0 amide bonds. The Morgan fingerprint density at radius 3 is 2.57 bits per heavy atom. The van der Waals surface area contributed by atoms with Gasteiger partial charge in [-0.25, -0.2) is 0 Å². The van der Waals surface area contributed by atoms with Gasteiger partial charge in [0.25, 0.3) is 5.69 Å². The van der Waals surface area contributed by atoms with Crippen LogP contribution in [0.25, 0.3) is 0 Å². The highest BCUT2D eigenvalue weighted by Gasteiger charge is 2.04. The van der Waals surface area contributed by atoms with Crippen LogP contribution < -0.4 is 10.1 Å². The average Bonchev–Trinajstić information content (AvgIpc) is 2.48. The number of nitrogens with one attached hydrogen (secondary N) is 1. The van der Waals surface area contributed by atoms with Gasteiger partial charge in [-0.3, -0.25) is 10.1 Å². The number of non-ortho nitro benzene ring substituents is 1. The Morgan fingerprint density at radius 1 is 1.14 bits per heavy atom. The van der Waals surface area contributed by atoms with Gasteiger partial charge in [-0.2, -0.15) is 0 Å². The van der Waals surface area contributed by atoms with Gasteiger partial charge >= 0.3 is 0 Å². The zero-order valence-corrected chi connectivity index (χ0v) is 11.9. The second-order valence-electron chi connectivity index (χ2n) is 4.70. The lowest BCUT2D eigenvalue weighted by atomic mass is 10.1. The molecule has 0 aliphatic heterocycles. The standard InChI is InChI=1S/C16H18N2O3/c1-17-12-14-3-2-4-16(11-14)21-10-9-13-5-7-15(8-6-13)18(19)20/h2-8,11,17H,9-10,12H2,1H3. The van der Waals surface area contributed by atoms with E-state index >= 15 is 0 Å². The van der Waals surface area contributed by atoms with E-state index in [1.165, 1.54) is 17.7 Å². The Kier molecular flexibility index (Phi) is 5.29. The Labute approximate surface area is 123 Å². The monoisotopic (exact) mass is 286 g/mol. The van der Waals surface area contributed by atoms with Gasteiger partial charge in [-0.15, -0.1) is 0 Å². The van der Waals surface area contributed by atoms with Crippen molar-refractivity contribution < 1.29 is 9.66 Å². The molecule has 0 aliphatic carbocycles. The molecule has 0 atom stereocenters.